The highest BCUT2D eigenvalue weighted by atomic mass is 16.2. The number of benzene rings is 2. The monoisotopic (exact) mass is 319 g/mol. The topological polar surface area (TPSA) is 48.1 Å². The summed E-state index contributed by atoms with van der Waals surface area (Å²) >= 11 is 0. The van der Waals surface area contributed by atoms with Crippen molar-refractivity contribution >= 4 is 16.9 Å². The molecule has 1 aromatic heterocycles. The minimum atomic E-state index is 0.00602. The van der Waals surface area contributed by atoms with Crippen LogP contribution >= 0.6 is 0 Å². The van der Waals surface area contributed by atoms with Gasteiger partial charge in [0, 0.05) is 48.2 Å². The number of hydrogen-bond acceptors (Lipinski definition) is 1. The largest absolute Gasteiger partial charge is 0.358 e. The molecule has 0 unspecified atom stereocenters. The number of H-pyrrole nitrogens is 1. The molecule has 1 aliphatic rings. The van der Waals surface area contributed by atoms with E-state index in [1.807, 2.05) is 17.0 Å². The lowest BCUT2D eigenvalue weighted by Crippen LogP contribution is -2.42. The molecule has 0 radical (unpaired) electrons. The Kier molecular flexibility index (Phi) is 3.73. The number of carbonyl (C=O) groups excluding carboxylic acids is 1. The predicted octanol–water partition coefficient (Wildman–Crippen LogP) is 3.74. The van der Waals surface area contributed by atoms with Gasteiger partial charge in [-0.15, -0.1) is 0 Å². The van der Waals surface area contributed by atoms with Crippen molar-refractivity contribution in [2.45, 2.75) is 26.4 Å². The average Bonchev–Trinajstić information content (AvgIpc) is 2.99. The third-order valence-corrected chi connectivity index (χ3v) is 4.73. The smallest absolute Gasteiger partial charge is 0.317 e. The molecule has 0 spiro atoms. The number of rotatable bonds is 2. The summed E-state index contributed by atoms with van der Waals surface area (Å²) in [4.78, 5) is 17.9. The van der Waals surface area contributed by atoms with E-state index >= 15 is 0 Å². The lowest BCUT2D eigenvalue weighted by Gasteiger charge is -2.27. The Balaban J connectivity index is 1.45. The highest BCUT2D eigenvalue weighted by molar-refractivity contribution is 5.85. The van der Waals surface area contributed by atoms with Gasteiger partial charge >= 0.3 is 6.03 Å². The van der Waals surface area contributed by atoms with Crippen LogP contribution in [0.25, 0.3) is 10.9 Å². The van der Waals surface area contributed by atoms with Crippen molar-refractivity contribution < 1.29 is 4.79 Å². The number of nitrogens with zero attached hydrogens (tertiary/aromatic N) is 1. The number of fused-ring (bicyclic) bond motifs is 3. The van der Waals surface area contributed by atoms with E-state index < -0.39 is 0 Å². The van der Waals surface area contributed by atoms with Gasteiger partial charge in [-0.3, -0.25) is 0 Å². The van der Waals surface area contributed by atoms with Crippen LogP contribution in [-0.4, -0.2) is 22.5 Å². The van der Waals surface area contributed by atoms with Gasteiger partial charge < -0.3 is 15.2 Å². The Labute approximate surface area is 141 Å². The summed E-state index contributed by atoms with van der Waals surface area (Å²) in [6.45, 7) is 4.05. The molecule has 2 heterocycles. The molecular formula is C20H21N3O. The predicted molar refractivity (Wildman–Crippen MR) is 95.8 cm³/mol. The molecule has 0 saturated heterocycles. The number of urea groups is 1. The molecule has 1 aliphatic heterocycles. The Morgan fingerprint density at radius 3 is 2.79 bits per heavy atom. The molecular weight excluding hydrogens is 298 g/mol. The molecule has 2 N–H and O–H groups in total. The number of hydrogen-bond donors (Lipinski definition) is 2. The van der Waals surface area contributed by atoms with Crippen LogP contribution in [0.15, 0.2) is 48.5 Å². The highest BCUT2D eigenvalue weighted by Crippen LogP contribution is 2.27. The van der Waals surface area contributed by atoms with E-state index in [4.69, 9.17) is 0 Å². The van der Waals surface area contributed by atoms with E-state index in [1.54, 1.807) is 0 Å². The molecule has 0 atom stereocenters. The molecule has 0 aliphatic carbocycles. The number of aromatic nitrogens is 1. The first-order chi connectivity index (χ1) is 11.7. The van der Waals surface area contributed by atoms with Gasteiger partial charge in [0.25, 0.3) is 0 Å². The Morgan fingerprint density at radius 1 is 1.17 bits per heavy atom. The van der Waals surface area contributed by atoms with E-state index in [0.717, 1.165) is 24.0 Å². The summed E-state index contributed by atoms with van der Waals surface area (Å²) in [6.07, 6.45) is 0.877. The molecule has 4 nitrogen and oxygen atoms in total. The standard InChI is InChI=1S/C20H21N3O/c1-14-6-8-15(9-7-14)12-21-20(24)23-11-10-19-17(13-23)16-4-2-3-5-18(16)22-19/h2-9,22H,10-13H2,1H3,(H,21,24). The quantitative estimate of drug-likeness (QED) is 0.742. The number of para-hydroxylation sites is 1. The highest BCUT2D eigenvalue weighted by Gasteiger charge is 2.23. The number of nitrogens with one attached hydrogen (secondary N) is 2. The maximum absolute atomic E-state index is 12.5. The number of carbonyl (C=O) groups is 1. The molecule has 4 heteroatoms. The minimum Gasteiger partial charge on any atom is -0.358 e. The molecule has 2 aromatic carbocycles. The first kappa shape index (κ1) is 14.8. The van der Waals surface area contributed by atoms with Crippen LogP contribution < -0.4 is 5.32 Å². The second kappa shape index (κ2) is 6.04. The second-order valence-corrected chi connectivity index (χ2v) is 6.44. The van der Waals surface area contributed by atoms with E-state index in [1.165, 1.54) is 22.2 Å². The van der Waals surface area contributed by atoms with Crippen LogP contribution in [0.2, 0.25) is 0 Å². The van der Waals surface area contributed by atoms with Gasteiger partial charge in [0.15, 0.2) is 0 Å². The fraction of sp³-hybridized carbons (Fsp3) is 0.250. The molecule has 4 rings (SSSR count). The second-order valence-electron chi connectivity index (χ2n) is 6.44. The van der Waals surface area contributed by atoms with Crippen molar-refractivity contribution in [2.24, 2.45) is 0 Å². The summed E-state index contributed by atoms with van der Waals surface area (Å²) in [5.74, 6) is 0. The molecule has 0 bridgehead atoms. The zero-order valence-electron chi connectivity index (χ0n) is 13.8. The summed E-state index contributed by atoms with van der Waals surface area (Å²) in [6, 6.07) is 16.6. The summed E-state index contributed by atoms with van der Waals surface area (Å²) < 4.78 is 0. The zero-order valence-corrected chi connectivity index (χ0v) is 13.8. The first-order valence-corrected chi connectivity index (χ1v) is 8.37. The molecule has 24 heavy (non-hydrogen) atoms. The van der Waals surface area contributed by atoms with Crippen molar-refractivity contribution in [3.8, 4) is 0 Å². The summed E-state index contributed by atoms with van der Waals surface area (Å²) in [5.41, 5.74) is 6.03. The lowest BCUT2D eigenvalue weighted by molar-refractivity contribution is 0.192. The van der Waals surface area contributed by atoms with Crippen LogP contribution in [0.1, 0.15) is 22.4 Å². The van der Waals surface area contributed by atoms with Crippen LogP contribution in [-0.2, 0) is 19.5 Å². The van der Waals surface area contributed by atoms with Crippen LogP contribution in [0, 0.1) is 6.92 Å². The SMILES string of the molecule is Cc1ccc(CNC(=O)N2CCc3[nH]c4ccccc4c3C2)cc1. The lowest BCUT2D eigenvalue weighted by atomic mass is 10.0. The van der Waals surface area contributed by atoms with Crippen molar-refractivity contribution in [1.82, 2.24) is 15.2 Å². The van der Waals surface area contributed by atoms with Crippen LogP contribution in [0.5, 0.6) is 0 Å². The zero-order chi connectivity index (χ0) is 16.5. The van der Waals surface area contributed by atoms with E-state index in [9.17, 15) is 4.79 Å². The molecule has 3 aromatic rings. The first-order valence-electron chi connectivity index (χ1n) is 8.37. The summed E-state index contributed by atoms with van der Waals surface area (Å²) in [5, 5.41) is 4.26. The van der Waals surface area contributed by atoms with Gasteiger partial charge in [0.05, 0.1) is 0 Å². The minimum absolute atomic E-state index is 0.00602. The van der Waals surface area contributed by atoms with Crippen LogP contribution in [0.4, 0.5) is 4.79 Å². The number of aromatic amines is 1. The van der Waals surface area contributed by atoms with Gasteiger partial charge in [0.1, 0.15) is 0 Å². The van der Waals surface area contributed by atoms with E-state index in [-0.39, 0.29) is 6.03 Å². The maximum atomic E-state index is 12.5. The van der Waals surface area contributed by atoms with Crippen LogP contribution in [0.3, 0.4) is 0 Å². The Bertz CT molecular complexity index is 880. The van der Waals surface area contributed by atoms with Crippen molar-refractivity contribution in [1.29, 1.82) is 0 Å². The third-order valence-electron chi connectivity index (χ3n) is 4.73. The van der Waals surface area contributed by atoms with Crippen molar-refractivity contribution in [2.75, 3.05) is 6.54 Å². The van der Waals surface area contributed by atoms with Gasteiger partial charge in [-0.1, -0.05) is 48.0 Å². The molecule has 0 saturated carbocycles. The normalized spacial score (nSPS) is 13.8. The summed E-state index contributed by atoms with van der Waals surface area (Å²) in [7, 11) is 0. The van der Waals surface area contributed by atoms with Crippen molar-refractivity contribution in [3.63, 3.8) is 0 Å². The van der Waals surface area contributed by atoms with E-state index in [2.05, 4.69) is 53.6 Å². The Hall–Kier alpha value is -2.75. The van der Waals surface area contributed by atoms with Gasteiger partial charge in [-0.05, 0) is 18.6 Å². The third kappa shape index (κ3) is 2.75. The average molecular weight is 319 g/mol. The number of amides is 2. The van der Waals surface area contributed by atoms with Gasteiger partial charge in [0.2, 0.25) is 0 Å². The maximum Gasteiger partial charge on any atom is 0.317 e. The molecule has 122 valence electrons. The Morgan fingerprint density at radius 2 is 1.96 bits per heavy atom. The number of aryl methyl sites for hydroxylation is 1. The fourth-order valence-electron chi connectivity index (χ4n) is 3.34. The van der Waals surface area contributed by atoms with Gasteiger partial charge in [-0.2, -0.15) is 0 Å². The molecule has 2 amide bonds. The molecule has 0 fully saturated rings. The van der Waals surface area contributed by atoms with E-state index in [0.29, 0.717) is 13.1 Å². The van der Waals surface area contributed by atoms with Crippen molar-refractivity contribution in [3.05, 3.63) is 70.9 Å². The fourth-order valence-corrected chi connectivity index (χ4v) is 3.34. The van der Waals surface area contributed by atoms with Gasteiger partial charge in [-0.25, -0.2) is 4.79 Å².